The van der Waals surface area contributed by atoms with E-state index in [1.54, 1.807) is 42.5 Å². The van der Waals surface area contributed by atoms with Crippen molar-refractivity contribution in [1.82, 2.24) is 5.32 Å². The van der Waals surface area contributed by atoms with Crippen LogP contribution in [0.1, 0.15) is 28.8 Å². The van der Waals surface area contributed by atoms with E-state index in [1.807, 2.05) is 0 Å². The van der Waals surface area contributed by atoms with Crippen LogP contribution in [0.4, 0.5) is 10.1 Å². The van der Waals surface area contributed by atoms with Crippen molar-refractivity contribution in [1.29, 1.82) is 0 Å². The van der Waals surface area contributed by atoms with Crippen LogP contribution in [0, 0.1) is 11.7 Å². The number of carbonyl (C=O) groups is 2. The van der Waals surface area contributed by atoms with E-state index in [-0.39, 0.29) is 23.5 Å². The van der Waals surface area contributed by atoms with E-state index in [2.05, 4.69) is 10.6 Å². The normalized spacial score (nSPS) is 13.4. The summed E-state index contributed by atoms with van der Waals surface area (Å²) in [5, 5.41) is 5.59. The second-order valence-corrected chi connectivity index (χ2v) is 5.94. The van der Waals surface area contributed by atoms with Crippen LogP contribution in [0.2, 0.25) is 0 Å². The van der Waals surface area contributed by atoms with Crippen LogP contribution in [0.5, 0.6) is 0 Å². The highest BCUT2D eigenvalue weighted by atomic mass is 19.1. The van der Waals surface area contributed by atoms with Gasteiger partial charge in [-0.2, -0.15) is 0 Å². The zero-order valence-corrected chi connectivity index (χ0v) is 13.2. The average molecular weight is 326 g/mol. The van der Waals surface area contributed by atoms with Gasteiger partial charge in [-0.15, -0.1) is 0 Å². The molecule has 1 saturated carbocycles. The van der Waals surface area contributed by atoms with Gasteiger partial charge in [-0.3, -0.25) is 9.59 Å². The molecule has 1 aliphatic rings. The number of amides is 2. The molecule has 0 saturated heterocycles. The fourth-order valence-corrected chi connectivity index (χ4v) is 2.44. The lowest BCUT2D eigenvalue weighted by molar-refractivity contribution is -0.117. The van der Waals surface area contributed by atoms with E-state index < -0.39 is 0 Å². The van der Waals surface area contributed by atoms with E-state index in [9.17, 15) is 14.0 Å². The quantitative estimate of drug-likeness (QED) is 0.857. The average Bonchev–Trinajstić information content (AvgIpc) is 3.42. The Hall–Kier alpha value is -2.69. The summed E-state index contributed by atoms with van der Waals surface area (Å²) in [5.41, 5.74) is 1.66. The molecule has 0 bridgehead atoms. The Kier molecular flexibility index (Phi) is 4.89. The first-order valence-electron chi connectivity index (χ1n) is 8.06. The predicted molar refractivity (Wildman–Crippen MR) is 90.2 cm³/mol. The van der Waals surface area contributed by atoms with E-state index in [4.69, 9.17) is 0 Å². The molecule has 1 aliphatic carbocycles. The molecule has 2 N–H and O–H groups in total. The van der Waals surface area contributed by atoms with Gasteiger partial charge in [-0.1, -0.05) is 24.3 Å². The van der Waals surface area contributed by atoms with Crippen molar-refractivity contribution in [2.45, 2.75) is 19.3 Å². The highest BCUT2D eigenvalue weighted by Crippen LogP contribution is 2.30. The molecule has 2 amide bonds. The molecule has 2 aromatic rings. The lowest BCUT2D eigenvalue weighted by atomic mass is 10.1. The summed E-state index contributed by atoms with van der Waals surface area (Å²) >= 11 is 0. The van der Waals surface area contributed by atoms with Crippen LogP contribution in [0.25, 0.3) is 0 Å². The van der Waals surface area contributed by atoms with Crippen molar-refractivity contribution in [2.24, 2.45) is 5.92 Å². The van der Waals surface area contributed by atoms with Crippen LogP contribution in [0.3, 0.4) is 0 Å². The highest BCUT2D eigenvalue weighted by molar-refractivity contribution is 5.98. The number of carbonyl (C=O) groups excluding carboxylic acids is 2. The Morgan fingerprint density at radius 3 is 2.62 bits per heavy atom. The third-order valence-corrected chi connectivity index (χ3v) is 3.98. The monoisotopic (exact) mass is 326 g/mol. The van der Waals surface area contributed by atoms with E-state index in [1.165, 1.54) is 6.07 Å². The third kappa shape index (κ3) is 4.19. The number of rotatable bonds is 6. The second kappa shape index (κ2) is 7.25. The minimum absolute atomic E-state index is 0.00658. The van der Waals surface area contributed by atoms with Crippen LogP contribution in [-0.4, -0.2) is 18.4 Å². The van der Waals surface area contributed by atoms with Crippen LogP contribution in [0.15, 0.2) is 48.5 Å². The molecule has 4 nitrogen and oxygen atoms in total. The van der Waals surface area contributed by atoms with E-state index >= 15 is 0 Å². The number of nitrogens with one attached hydrogen (secondary N) is 2. The summed E-state index contributed by atoms with van der Waals surface area (Å²) in [6.45, 7) is 0.346. The highest BCUT2D eigenvalue weighted by Gasteiger charge is 2.29. The molecule has 2 aromatic carbocycles. The fraction of sp³-hybridized carbons (Fsp3) is 0.263. The van der Waals surface area contributed by atoms with Gasteiger partial charge in [0, 0.05) is 23.7 Å². The van der Waals surface area contributed by atoms with Gasteiger partial charge in [0.05, 0.1) is 0 Å². The Labute approximate surface area is 140 Å². The first-order valence-corrected chi connectivity index (χ1v) is 8.06. The maximum absolute atomic E-state index is 13.5. The molecule has 0 radical (unpaired) electrons. The number of benzene rings is 2. The first-order chi connectivity index (χ1) is 11.6. The molecule has 0 aliphatic heterocycles. The minimum Gasteiger partial charge on any atom is -0.352 e. The molecule has 0 spiro atoms. The Bertz CT molecular complexity index is 757. The molecule has 0 unspecified atom stereocenters. The molecular weight excluding hydrogens is 307 g/mol. The largest absolute Gasteiger partial charge is 0.352 e. The van der Waals surface area contributed by atoms with Gasteiger partial charge in [0.25, 0.3) is 5.91 Å². The van der Waals surface area contributed by atoms with Gasteiger partial charge in [0.15, 0.2) is 0 Å². The number of halogens is 1. The van der Waals surface area contributed by atoms with E-state index in [0.29, 0.717) is 29.8 Å². The maximum Gasteiger partial charge on any atom is 0.251 e. The molecule has 0 aromatic heterocycles. The van der Waals surface area contributed by atoms with Gasteiger partial charge in [0.2, 0.25) is 5.91 Å². The molecule has 1 fully saturated rings. The lowest BCUT2D eigenvalue weighted by Gasteiger charge is -2.08. The van der Waals surface area contributed by atoms with Gasteiger partial charge in [0.1, 0.15) is 5.82 Å². The summed E-state index contributed by atoms with van der Waals surface area (Å²) < 4.78 is 13.5. The van der Waals surface area contributed by atoms with E-state index in [0.717, 1.165) is 12.8 Å². The molecular formula is C19H19FN2O2. The first kappa shape index (κ1) is 16.2. The van der Waals surface area contributed by atoms with Gasteiger partial charge in [-0.25, -0.2) is 4.39 Å². The smallest absolute Gasteiger partial charge is 0.251 e. The van der Waals surface area contributed by atoms with Gasteiger partial charge < -0.3 is 10.6 Å². The second-order valence-electron chi connectivity index (χ2n) is 5.94. The van der Waals surface area contributed by atoms with Gasteiger partial charge in [-0.05, 0) is 49.1 Å². The van der Waals surface area contributed by atoms with Crippen molar-refractivity contribution in [3.05, 3.63) is 65.5 Å². The Morgan fingerprint density at radius 1 is 1.08 bits per heavy atom. The minimum atomic E-state index is -0.267. The maximum atomic E-state index is 13.5. The molecule has 0 heterocycles. The van der Waals surface area contributed by atoms with Crippen LogP contribution in [-0.2, 0) is 11.2 Å². The lowest BCUT2D eigenvalue weighted by Crippen LogP contribution is -2.26. The summed E-state index contributed by atoms with van der Waals surface area (Å²) in [7, 11) is 0. The van der Waals surface area contributed by atoms with Crippen molar-refractivity contribution >= 4 is 17.5 Å². The number of anilines is 1. The summed E-state index contributed by atoms with van der Waals surface area (Å²) in [6, 6.07) is 13.3. The van der Waals surface area contributed by atoms with Crippen molar-refractivity contribution in [3.8, 4) is 0 Å². The molecule has 24 heavy (non-hydrogen) atoms. The summed E-state index contributed by atoms with van der Waals surface area (Å²) in [6.07, 6.45) is 2.29. The number of hydrogen-bond acceptors (Lipinski definition) is 2. The number of hydrogen-bond donors (Lipinski definition) is 2. The van der Waals surface area contributed by atoms with Crippen LogP contribution < -0.4 is 10.6 Å². The molecule has 0 atom stereocenters. The Balaban J connectivity index is 1.54. The summed E-state index contributed by atoms with van der Waals surface area (Å²) in [4.78, 5) is 24.0. The molecule has 124 valence electrons. The SMILES string of the molecule is O=C(NCCc1ccccc1F)c1cccc(NC(=O)C2CC2)c1. The zero-order valence-electron chi connectivity index (χ0n) is 13.2. The van der Waals surface area contributed by atoms with Crippen molar-refractivity contribution in [2.75, 3.05) is 11.9 Å². The molecule has 3 rings (SSSR count). The third-order valence-electron chi connectivity index (χ3n) is 3.98. The van der Waals surface area contributed by atoms with Crippen LogP contribution >= 0.6 is 0 Å². The van der Waals surface area contributed by atoms with Crippen molar-refractivity contribution < 1.29 is 14.0 Å². The van der Waals surface area contributed by atoms with Crippen molar-refractivity contribution in [3.63, 3.8) is 0 Å². The summed E-state index contributed by atoms with van der Waals surface area (Å²) in [5.74, 6) is -0.388. The fourth-order valence-electron chi connectivity index (χ4n) is 2.44. The molecule has 5 heteroatoms. The topological polar surface area (TPSA) is 58.2 Å². The predicted octanol–water partition coefficient (Wildman–Crippen LogP) is 3.15. The zero-order chi connectivity index (χ0) is 16.9. The Morgan fingerprint density at radius 2 is 1.88 bits per heavy atom. The standard InChI is InChI=1S/C19H19FN2O2/c20-17-7-2-1-4-13(17)10-11-21-18(23)15-5-3-6-16(12-15)22-19(24)14-8-9-14/h1-7,12,14H,8-11H2,(H,21,23)(H,22,24). The van der Waals surface area contributed by atoms with Gasteiger partial charge >= 0.3 is 0 Å².